The maximum atomic E-state index is 13.7. The van der Waals surface area contributed by atoms with Crippen LogP contribution in [0.3, 0.4) is 0 Å². The third kappa shape index (κ3) is 2.03. The van der Waals surface area contributed by atoms with E-state index in [9.17, 15) is 4.39 Å². The van der Waals surface area contributed by atoms with Crippen molar-refractivity contribution >= 4 is 16.7 Å². The Morgan fingerprint density at radius 2 is 1.78 bits per heavy atom. The predicted octanol–water partition coefficient (Wildman–Crippen LogP) is 3.15. The van der Waals surface area contributed by atoms with E-state index in [0.717, 1.165) is 24.3 Å². The van der Waals surface area contributed by atoms with Crippen molar-refractivity contribution in [1.29, 1.82) is 0 Å². The lowest BCUT2D eigenvalue weighted by atomic mass is 10.2. The molecule has 94 valence electrons. The zero-order valence-electron chi connectivity index (χ0n) is 10.3. The van der Waals surface area contributed by atoms with Gasteiger partial charge in [0.2, 0.25) is 0 Å². The van der Waals surface area contributed by atoms with E-state index in [4.69, 9.17) is 0 Å². The molecule has 1 aromatic carbocycles. The van der Waals surface area contributed by atoms with Crippen molar-refractivity contribution in [2.24, 2.45) is 0 Å². The van der Waals surface area contributed by atoms with Crippen LogP contribution in [0.2, 0.25) is 0 Å². The highest BCUT2D eigenvalue weighted by Gasteiger charge is 2.15. The van der Waals surface area contributed by atoms with Gasteiger partial charge in [-0.15, -0.1) is 0 Å². The lowest BCUT2D eigenvalue weighted by molar-refractivity contribution is 0.636. The summed E-state index contributed by atoms with van der Waals surface area (Å²) in [6.45, 7) is 2.01. The zero-order valence-corrected chi connectivity index (χ0v) is 10.3. The summed E-state index contributed by atoms with van der Waals surface area (Å²) in [5.74, 6) is 0.604. The highest BCUT2D eigenvalue weighted by atomic mass is 19.1. The van der Waals surface area contributed by atoms with Crippen molar-refractivity contribution in [2.45, 2.75) is 25.7 Å². The van der Waals surface area contributed by atoms with Gasteiger partial charge in [0.15, 0.2) is 0 Å². The SMILES string of the molecule is Fc1cccc2c(N3CCCCCC3)ncnc12. The van der Waals surface area contributed by atoms with Crippen LogP contribution in [0, 0.1) is 5.82 Å². The lowest BCUT2D eigenvalue weighted by Gasteiger charge is -2.22. The van der Waals surface area contributed by atoms with Crippen molar-refractivity contribution in [3.05, 3.63) is 30.3 Å². The van der Waals surface area contributed by atoms with Crippen LogP contribution in [-0.2, 0) is 0 Å². The van der Waals surface area contributed by atoms with Gasteiger partial charge in [0.25, 0.3) is 0 Å². The van der Waals surface area contributed by atoms with E-state index in [1.165, 1.54) is 38.1 Å². The molecule has 0 bridgehead atoms. The molecule has 2 heterocycles. The average Bonchev–Trinajstić information content (AvgIpc) is 2.67. The van der Waals surface area contributed by atoms with E-state index in [2.05, 4.69) is 14.9 Å². The highest BCUT2D eigenvalue weighted by Crippen LogP contribution is 2.26. The number of nitrogens with zero attached hydrogens (tertiary/aromatic N) is 3. The third-order valence-electron chi connectivity index (χ3n) is 3.50. The topological polar surface area (TPSA) is 29.0 Å². The summed E-state index contributed by atoms with van der Waals surface area (Å²) in [7, 11) is 0. The van der Waals surface area contributed by atoms with Gasteiger partial charge in [0.1, 0.15) is 23.5 Å². The van der Waals surface area contributed by atoms with Crippen LogP contribution in [0.4, 0.5) is 10.2 Å². The van der Waals surface area contributed by atoms with Crippen LogP contribution in [0.5, 0.6) is 0 Å². The van der Waals surface area contributed by atoms with Crippen LogP contribution in [0.25, 0.3) is 10.9 Å². The lowest BCUT2D eigenvalue weighted by Crippen LogP contribution is -2.25. The van der Waals surface area contributed by atoms with Crippen molar-refractivity contribution < 1.29 is 4.39 Å². The summed E-state index contributed by atoms with van der Waals surface area (Å²) in [4.78, 5) is 10.7. The van der Waals surface area contributed by atoms with Gasteiger partial charge < -0.3 is 4.90 Å². The highest BCUT2D eigenvalue weighted by molar-refractivity contribution is 5.89. The summed E-state index contributed by atoms with van der Waals surface area (Å²) in [6, 6.07) is 5.07. The molecule has 0 N–H and O–H groups in total. The molecular formula is C14H16FN3. The largest absolute Gasteiger partial charge is 0.356 e. The van der Waals surface area contributed by atoms with E-state index in [1.807, 2.05) is 6.07 Å². The number of para-hydroxylation sites is 1. The molecule has 3 rings (SSSR count). The monoisotopic (exact) mass is 245 g/mol. The van der Waals surface area contributed by atoms with E-state index in [1.54, 1.807) is 6.07 Å². The van der Waals surface area contributed by atoms with Crippen molar-refractivity contribution in [3.8, 4) is 0 Å². The van der Waals surface area contributed by atoms with E-state index < -0.39 is 0 Å². The summed E-state index contributed by atoms with van der Waals surface area (Å²) >= 11 is 0. The smallest absolute Gasteiger partial charge is 0.149 e. The van der Waals surface area contributed by atoms with E-state index >= 15 is 0 Å². The van der Waals surface area contributed by atoms with Crippen LogP contribution in [-0.4, -0.2) is 23.1 Å². The molecule has 1 saturated heterocycles. The summed E-state index contributed by atoms with van der Waals surface area (Å²) < 4.78 is 13.7. The minimum atomic E-state index is -0.272. The van der Waals surface area contributed by atoms with Crippen LogP contribution in [0.1, 0.15) is 25.7 Å². The molecule has 0 saturated carbocycles. The van der Waals surface area contributed by atoms with Crippen LogP contribution < -0.4 is 4.90 Å². The Hall–Kier alpha value is -1.71. The summed E-state index contributed by atoms with van der Waals surface area (Å²) in [5.41, 5.74) is 0.423. The van der Waals surface area contributed by atoms with Gasteiger partial charge >= 0.3 is 0 Å². The number of rotatable bonds is 1. The minimum absolute atomic E-state index is 0.272. The van der Waals surface area contributed by atoms with Crippen LogP contribution >= 0.6 is 0 Å². The average molecular weight is 245 g/mol. The Bertz CT molecular complexity index is 548. The van der Waals surface area contributed by atoms with E-state index in [0.29, 0.717) is 5.52 Å². The van der Waals surface area contributed by atoms with Gasteiger partial charge in [-0.25, -0.2) is 14.4 Å². The third-order valence-corrected chi connectivity index (χ3v) is 3.50. The second kappa shape index (κ2) is 4.88. The minimum Gasteiger partial charge on any atom is -0.356 e. The standard InChI is InChI=1S/C14H16FN3/c15-12-7-5-6-11-13(12)16-10-17-14(11)18-8-3-1-2-4-9-18/h5-7,10H,1-4,8-9H2. The van der Waals surface area contributed by atoms with Crippen molar-refractivity contribution in [2.75, 3.05) is 18.0 Å². The second-order valence-corrected chi connectivity index (χ2v) is 4.73. The number of anilines is 1. The zero-order chi connectivity index (χ0) is 12.4. The number of fused-ring (bicyclic) bond motifs is 1. The van der Waals surface area contributed by atoms with Crippen molar-refractivity contribution in [3.63, 3.8) is 0 Å². The first kappa shape index (κ1) is 11.4. The first-order valence-electron chi connectivity index (χ1n) is 6.50. The molecule has 18 heavy (non-hydrogen) atoms. The Morgan fingerprint density at radius 1 is 1.00 bits per heavy atom. The fourth-order valence-corrected chi connectivity index (χ4v) is 2.57. The molecule has 1 fully saturated rings. The molecule has 0 amide bonds. The number of hydrogen-bond acceptors (Lipinski definition) is 3. The van der Waals surface area contributed by atoms with E-state index in [-0.39, 0.29) is 5.82 Å². The molecule has 0 aliphatic carbocycles. The number of hydrogen-bond donors (Lipinski definition) is 0. The Labute approximate surface area is 106 Å². The van der Waals surface area contributed by atoms with Gasteiger partial charge in [-0.05, 0) is 25.0 Å². The molecule has 0 spiro atoms. The maximum absolute atomic E-state index is 13.7. The summed E-state index contributed by atoms with van der Waals surface area (Å²) in [5, 5.41) is 0.819. The molecule has 4 heteroatoms. The Morgan fingerprint density at radius 3 is 2.56 bits per heavy atom. The Balaban J connectivity index is 2.08. The molecule has 0 radical (unpaired) electrons. The van der Waals surface area contributed by atoms with Gasteiger partial charge in [-0.1, -0.05) is 18.9 Å². The fourth-order valence-electron chi connectivity index (χ4n) is 2.57. The quantitative estimate of drug-likeness (QED) is 0.772. The predicted molar refractivity (Wildman–Crippen MR) is 70.2 cm³/mol. The van der Waals surface area contributed by atoms with Gasteiger partial charge in [-0.2, -0.15) is 0 Å². The van der Waals surface area contributed by atoms with Gasteiger partial charge in [0, 0.05) is 18.5 Å². The normalized spacial score (nSPS) is 16.8. The molecule has 2 aromatic rings. The first-order chi connectivity index (χ1) is 8.86. The molecule has 1 aliphatic heterocycles. The molecule has 0 atom stereocenters. The maximum Gasteiger partial charge on any atom is 0.149 e. The molecule has 1 aromatic heterocycles. The van der Waals surface area contributed by atoms with Crippen LogP contribution in [0.15, 0.2) is 24.5 Å². The molecular weight excluding hydrogens is 229 g/mol. The van der Waals surface area contributed by atoms with Gasteiger partial charge in [-0.3, -0.25) is 0 Å². The van der Waals surface area contributed by atoms with Crippen molar-refractivity contribution in [1.82, 2.24) is 9.97 Å². The van der Waals surface area contributed by atoms with Gasteiger partial charge in [0.05, 0.1) is 0 Å². The molecule has 1 aliphatic rings. The molecule has 3 nitrogen and oxygen atoms in total. The second-order valence-electron chi connectivity index (χ2n) is 4.73. The number of benzene rings is 1. The molecule has 0 unspecified atom stereocenters. The number of halogens is 1. The Kier molecular flexibility index (Phi) is 3.09. The summed E-state index contributed by atoms with van der Waals surface area (Å²) in [6.07, 6.45) is 6.37. The number of aromatic nitrogens is 2. The first-order valence-corrected chi connectivity index (χ1v) is 6.50. The fraction of sp³-hybridized carbons (Fsp3) is 0.429.